The van der Waals surface area contributed by atoms with Gasteiger partial charge in [0.1, 0.15) is 0 Å². The third-order valence-corrected chi connectivity index (χ3v) is 9.18. The maximum absolute atomic E-state index is 13.9. The lowest BCUT2D eigenvalue weighted by Crippen LogP contribution is -2.52. The largest absolute Gasteiger partial charge is 0.396 e. The standard InChI is InChI=1S/C30H37N3O3/c1-2-7-20-12-13-26-27-24(17-32(26)30(20)36)25(18-34)28(33(27)16-19-8-3-4-9-19)29(35)31-23-14-21-10-5-6-11-22(21)15-23/h2,5-7,10-13,19,23-25,27-28,34H,3-4,8-9,14-18H2,1H3,(H,31,35)/b7-2-/t24-,25-,27+,28-/m1/s1. The van der Waals surface area contributed by atoms with Crippen LogP contribution in [-0.4, -0.2) is 45.7 Å². The van der Waals surface area contributed by atoms with Crippen molar-refractivity contribution in [2.75, 3.05) is 13.2 Å². The Morgan fingerprint density at radius 2 is 1.83 bits per heavy atom. The van der Waals surface area contributed by atoms with Gasteiger partial charge in [0, 0.05) is 48.8 Å². The van der Waals surface area contributed by atoms with Crippen molar-refractivity contribution in [3.05, 3.63) is 75.2 Å². The number of amides is 1. The molecule has 4 aliphatic rings. The molecule has 0 radical (unpaired) electrons. The average molecular weight is 488 g/mol. The predicted octanol–water partition coefficient (Wildman–Crippen LogP) is 3.32. The number of aromatic nitrogens is 1. The van der Waals surface area contributed by atoms with Gasteiger partial charge in [-0.05, 0) is 61.8 Å². The first-order chi connectivity index (χ1) is 17.6. The van der Waals surface area contributed by atoms with Crippen molar-refractivity contribution < 1.29 is 9.90 Å². The molecule has 1 saturated heterocycles. The van der Waals surface area contributed by atoms with Crippen LogP contribution >= 0.6 is 0 Å². The fraction of sp³-hybridized carbons (Fsp3) is 0.533. The first kappa shape index (κ1) is 23.7. The average Bonchev–Trinajstić information content (AvgIpc) is 3.64. The minimum atomic E-state index is -0.367. The van der Waals surface area contributed by atoms with Gasteiger partial charge in [0.05, 0.1) is 12.1 Å². The molecule has 0 bridgehead atoms. The number of hydrogen-bond acceptors (Lipinski definition) is 4. The summed E-state index contributed by atoms with van der Waals surface area (Å²) in [5.74, 6) is 0.474. The number of likely N-dealkylation sites (tertiary alicyclic amines) is 1. The summed E-state index contributed by atoms with van der Waals surface area (Å²) >= 11 is 0. The van der Waals surface area contributed by atoms with Crippen molar-refractivity contribution in [2.45, 2.75) is 70.1 Å². The number of aliphatic hydroxyl groups excluding tert-OH is 1. The Kier molecular flexibility index (Phi) is 6.34. The molecule has 36 heavy (non-hydrogen) atoms. The zero-order valence-corrected chi connectivity index (χ0v) is 21.1. The third-order valence-electron chi connectivity index (χ3n) is 9.18. The second kappa shape index (κ2) is 9.64. The lowest BCUT2D eigenvalue weighted by atomic mass is 9.88. The van der Waals surface area contributed by atoms with E-state index in [-0.39, 0.29) is 48.0 Å². The molecule has 2 aromatic rings. The quantitative estimate of drug-likeness (QED) is 0.656. The highest BCUT2D eigenvalue weighted by Gasteiger charge is 2.56. The zero-order chi connectivity index (χ0) is 24.8. The summed E-state index contributed by atoms with van der Waals surface area (Å²) in [7, 11) is 0. The molecule has 2 fully saturated rings. The molecule has 6 heteroatoms. The number of carbonyl (C=O) groups excluding carboxylic acids is 1. The summed E-state index contributed by atoms with van der Waals surface area (Å²) in [6.45, 7) is 3.29. The Balaban J connectivity index is 1.31. The second-order valence-corrected chi connectivity index (χ2v) is 11.3. The number of carbonyl (C=O) groups is 1. The van der Waals surface area contributed by atoms with E-state index in [1.54, 1.807) is 0 Å². The van der Waals surface area contributed by atoms with Crippen molar-refractivity contribution in [1.29, 1.82) is 0 Å². The fourth-order valence-electron chi connectivity index (χ4n) is 7.58. The van der Waals surface area contributed by atoms with Crippen LogP contribution in [-0.2, 0) is 24.2 Å². The van der Waals surface area contributed by atoms with E-state index in [1.807, 2.05) is 29.7 Å². The van der Waals surface area contributed by atoms with Crippen LogP contribution < -0.4 is 10.9 Å². The van der Waals surface area contributed by atoms with E-state index in [2.05, 4.69) is 40.5 Å². The monoisotopic (exact) mass is 487 g/mol. The number of hydrogen-bond donors (Lipinski definition) is 2. The number of nitrogens with zero attached hydrogens (tertiary/aromatic N) is 2. The molecule has 1 saturated carbocycles. The topological polar surface area (TPSA) is 74.6 Å². The molecule has 190 valence electrons. The Bertz CT molecular complexity index is 1200. The maximum Gasteiger partial charge on any atom is 0.258 e. The van der Waals surface area contributed by atoms with Gasteiger partial charge in [-0.1, -0.05) is 49.3 Å². The minimum Gasteiger partial charge on any atom is -0.396 e. The smallest absolute Gasteiger partial charge is 0.258 e. The molecular weight excluding hydrogens is 450 g/mol. The van der Waals surface area contributed by atoms with Crippen LogP contribution in [0.2, 0.25) is 0 Å². The van der Waals surface area contributed by atoms with Crippen LogP contribution in [0.1, 0.15) is 61.0 Å². The van der Waals surface area contributed by atoms with Crippen LogP contribution in [0.3, 0.4) is 0 Å². The van der Waals surface area contributed by atoms with Gasteiger partial charge in [0.2, 0.25) is 5.91 Å². The molecule has 4 atom stereocenters. The normalized spacial score (nSPS) is 28.1. The van der Waals surface area contributed by atoms with Crippen LogP contribution in [0.15, 0.2) is 47.3 Å². The van der Waals surface area contributed by atoms with Gasteiger partial charge in [-0.2, -0.15) is 0 Å². The minimum absolute atomic E-state index is 0.00775. The third kappa shape index (κ3) is 3.95. The Morgan fingerprint density at radius 3 is 2.50 bits per heavy atom. The van der Waals surface area contributed by atoms with Crippen molar-refractivity contribution in [3.8, 4) is 0 Å². The van der Waals surface area contributed by atoms with E-state index in [4.69, 9.17) is 0 Å². The summed E-state index contributed by atoms with van der Waals surface area (Å²) in [4.78, 5) is 29.5. The zero-order valence-electron chi connectivity index (χ0n) is 21.1. The number of benzene rings is 1. The van der Waals surface area contributed by atoms with E-state index in [9.17, 15) is 14.7 Å². The van der Waals surface area contributed by atoms with Crippen LogP contribution in [0.5, 0.6) is 0 Å². The molecule has 2 aliphatic heterocycles. The number of rotatable bonds is 6. The molecule has 1 aromatic heterocycles. The number of fused-ring (bicyclic) bond motifs is 4. The van der Waals surface area contributed by atoms with E-state index in [0.29, 0.717) is 18.0 Å². The van der Waals surface area contributed by atoms with Gasteiger partial charge in [-0.25, -0.2) is 0 Å². The van der Waals surface area contributed by atoms with Gasteiger partial charge < -0.3 is 15.0 Å². The Hall–Kier alpha value is -2.70. The summed E-state index contributed by atoms with van der Waals surface area (Å²) < 4.78 is 1.90. The lowest BCUT2D eigenvalue weighted by molar-refractivity contribution is -0.128. The molecule has 6 nitrogen and oxygen atoms in total. The highest BCUT2D eigenvalue weighted by molar-refractivity contribution is 5.83. The van der Waals surface area contributed by atoms with E-state index >= 15 is 0 Å². The lowest BCUT2D eigenvalue weighted by Gasteiger charge is -2.33. The second-order valence-electron chi connectivity index (χ2n) is 11.3. The molecule has 0 unspecified atom stereocenters. The Morgan fingerprint density at radius 1 is 1.11 bits per heavy atom. The summed E-state index contributed by atoms with van der Waals surface area (Å²) in [6, 6.07) is 12.1. The predicted molar refractivity (Wildman–Crippen MR) is 140 cm³/mol. The first-order valence-electron chi connectivity index (χ1n) is 13.7. The van der Waals surface area contributed by atoms with Crippen LogP contribution in [0, 0.1) is 17.8 Å². The Labute approximate surface area is 213 Å². The molecule has 2 N–H and O–H groups in total. The van der Waals surface area contributed by atoms with Crippen molar-refractivity contribution in [3.63, 3.8) is 0 Å². The van der Waals surface area contributed by atoms with Crippen molar-refractivity contribution in [2.24, 2.45) is 17.8 Å². The molecule has 2 aliphatic carbocycles. The number of pyridine rings is 1. The van der Waals surface area contributed by atoms with E-state index in [0.717, 1.165) is 25.1 Å². The fourth-order valence-corrected chi connectivity index (χ4v) is 7.58. The SMILES string of the molecule is C/C=C\c1ccc2n(c1=O)C[C@@H]1[C@@H](CO)[C@H](C(=O)NC3Cc4ccccc4C3)N(CC3CCCC3)[C@H]21. The molecule has 1 amide bonds. The van der Waals surface area contributed by atoms with Gasteiger partial charge in [-0.3, -0.25) is 14.5 Å². The van der Waals surface area contributed by atoms with Crippen LogP contribution in [0.25, 0.3) is 6.08 Å². The van der Waals surface area contributed by atoms with Crippen molar-refractivity contribution >= 4 is 12.0 Å². The number of nitrogens with one attached hydrogen (secondary N) is 1. The summed E-state index contributed by atoms with van der Waals surface area (Å²) in [6.07, 6.45) is 10.4. The molecule has 1 aromatic carbocycles. The summed E-state index contributed by atoms with van der Waals surface area (Å²) in [5.41, 5.74) is 4.36. The van der Waals surface area contributed by atoms with Crippen LogP contribution in [0.4, 0.5) is 0 Å². The van der Waals surface area contributed by atoms with Gasteiger partial charge in [0.25, 0.3) is 5.56 Å². The summed E-state index contributed by atoms with van der Waals surface area (Å²) in [5, 5.41) is 14.0. The van der Waals surface area contributed by atoms with E-state index in [1.165, 1.54) is 36.8 Å². The van der Waals surface area contributed by atoms with Gasteiger partial charge in [0.15, 0.2) is 0 Å². The number of allylic oxidation sites excluding steroid dienone is 1. The highest BCUT2D eigenvalue weighted by atomic mass is 16.3. The van der Waals surface area contributed by atoms with Gasteiger partial charge >= 0.3 is 0 Å². The van der Waals surface area contributed by atoms with Gasteiger partial charge in [-0.15, -0.1) is 0 Å². The highest BCUT2D eigenvalue weighted by Crippen LogP contribution is 2.50. The molecule has 0 spiro atoms. The maximum atomic E-state index is 13.9. The molecule has 3 heterocycles. The first-order valence-corrected chi connectivity index (χ1v) is 13.7. The van der Waals surface area contributed by atoms with E-state index < -0.39 is 0 Å². The molecular formula is C30H37N3O3. The number of aliphatic hydroxyl groups is 1. The molecule has 6 rings (SSSR count). The van der Waals surface area contributed by atoms with Crippen molar-refractivity contribution in [1.82, 2.24) is 14.8 Å².